The average Bonchev–Trinajstić information content (AvgIpc) is 2.33. The van der Waals surface area contributed by atoms with Gasteiger partial charge in [0.2, 0.25) is 0 Å². The van der Waals surface area contributed by atoms with E-state index >= 15 is 0 Å². The molecular formula is C12H36Y. The van der Waals surface area contributed by atoms with Gasteiger partial charge in [-0.25, -0.2) is 0 Å². The van der Waals surface area contributed by atoms with Crippen LogP contribution in [0.15, 0.2) is 0 Å². The molecule has 0 aromatic heterocycles. The molecule has 0 saturated heterocycles. The molecule has 0 bridgehead atoms. The Balaban J connectivity index is -0.00000000655. The van der Waals surface area contributed by atoms with Gasteiger partial charge in [-0.1, -0.05) is 83.1 Å². The monoisotopic (exact) mass is 269 g/mol. The Labute approximate surface area is 115 Å². The maximum atomic E-state index is 2.00. The second-order valence-corrected chi connectivity index (χ2v) is 0. The van der Waals surface area contributed by atoms with Crippen molar-refractivity contribution in [1.82, 2.24) is 0 Å². The summed E-state index contributed by atoms with van der Waals surface area (Å²) in [5.74, 6) is 0. The summed E-state index contributed by atoms with van der Waals surface area (Å²) in [5, 5.41) is 0. The number of rotatable bonds is 0. The van der Waals surface area contributed by atoms with Crippen molar-refractivity contribution in [3.8, 4) is 0 Å². The van der Waals surface area contributed by atoms with Crippen LogP contribution >= 0.6 is 0 Å². The van der Waals surface area contributed by atoms with Gasteiger partial charge in [0.1, 0.15) is 0 Å². The molecule has 0 saturated carbocycles. The molecule has 0 amide bonds. The fraction of sp³-hybridized carbons (Fsp3) is 1.00. The van der Waals surface area contributed by atoms with E-state index < -0.39 is 0 Å². The second-order valence-electron chi connectivity index (χ2n) is 0. The first-order valence-corrected chi connectivity index (χ1v) is 6.00. The predicted molar refractivity (Wildman–Crippen MR) is 68.1 cm³/mol. The van der Waals surface area contributed by atoms with Gasteiger partial charge >= 0.3 is 0 Å². The molecule has 0 N–H and O–H groups in total. The Morgan fingerprint density at radius 2 is 0.231 bits per heavy atom. The first kappa shape index (κ1) is 48.0. The zero-order chi connectivity index (χ0) is 12.0. The summed E-state index contributed by atoms with van der Waals surface area (Å²) in [6.45, 7) is 24.0. The third-order valence-electron chi connectivity index (χ3n) is 0. The van der Waals surface area contributed by atoms with Crippen LogP contribution in [0.25, 0.3) is 0 Å². The largest absolute Gasteiger partial charge is 0.0683 e. The van der Waals surface area contributed by atoms with E-state index in [1.807, 2.05) is 83.1 Å². The molecular weight excluding hydrogens is 233 g/mol. The van der Waals surface area contributed by atoms with E-state index in [0.717, 1.165) is 0 Å². The van der Waals surface area contributed by atoms with Crippen molar-refractivity contribution in [3.63, 3.8) is 0 Å². The topological polar surface area (TPSA) is 0 Å². The Bertz CT molecular complexity index is 5.09. The van der Waals surface area contributed by atoms with Gasteiger partial charge < -0.3 is 0 Å². The normalized spacial score (nSPS) is 2.77. The number of hydrogen-bond acceptors (Lipinski definition) is 0. The molecule has 0 atom stereocenters. The van der Waals surface area contributed by atoms with Crippen LogP contribution in [0.5, 0.6) is 0 Å². The van der Waals surface area contributed by atoms with Crippen molar-refractivity contribution >= 4 is 0 Å². The minimum Gasteiger partial charge on any atom is -0.0683 e. The summed E-state index contributed by atoms with van der Waals surface area (Å²) in [7, 11) is 0. The van der Waals surface area contributed by atoms with Crippen molar-refractivity contribution in [1.29, 1.82) is 0 Å². The molecule has 87 valence electrons. The summed E-state index contributed by atoms with van der Waals surface area (Å²) in [4.78, 5) is 0. The minimum absolute atomic E-state index is 0. The molecule has 0 aliphatic rings. The molecule has 0 aliphatic carbocycles. The average molecular weight is 269 g/mol. The van der Waals surface area contributed by atoms with Crippen molar-refractivity contribution in [2.75, 3.05) is 0 Å². The smallest absolute Gasteiger partial charge is 0 e. The maximum Gasteiger partial charge on any atom is 0 e. The van der Waals surface area contributed by atoms with E-state index in [0.29, 0.717) is 0 Å². The van der Waals surface area contributed by atoms with Crippen LogP contribution in [0.2, 0.25) is 0 Å². The third kappa shape index (κ3) is 1330. The molecule has 1 heteroatoms. The summed E-state index contributed by atoms with van der Waals surface area (Å²) >= 11 is 0. The standard InChI is InChI=1S/6C2H6.Y/c6*1-2;/h6*1-2H3;. The predicted octanol–water partition coefficient (Wildman–Crippen LogP) is 6.15. The third-order valence-corrected chi connectivity index (χ3v) is 0. The van der Waals surface area contributed by atoms with E-state index in [1.54, 1.807) is 0 Å². The van der Waals surface area contributed by atoms with Crippen molar-refractivity contribution in [2.24, 2.45) is 0 Å². The van der Waals surface area contributed by atoms with E-state index in [9.17, 15) is 0 Å². The van der Waals surface area contributed by atoms with Gasteiger partial charge in [-0.3, -0.25) is 0 Å². The number of hydrogen-bond donors (Lipinski definition) is 0. The summed E-state index contributed by atoms with van der Waals surface area (Å²) in [6.07, 6.45) is 0. The van der Waals surface area contributed by atoms with Crippen molar-refractivity contribution in [2.45, 2.75) is 83.1 Å². The van der Waals surface area contributed by atoms with Gasteiger partial charge in [0.05, 0.1) is 0 Å². The minimum atomic E-state index is 0. The molecule has 0 heterocycles. The summed E-state index contributed by atoms with van der Waals surface area (Å²) in [6, 6.07) is 0. The molecule has 13 heavy (non-hydrogen) atoms. The fourth-order valence-corrected chi connectivity index (χ4v) is 0. The van der Waals surface area contributed by atoms with E-state index in [-0.39, 0.29) is 32.7 Å². The van der Waals surface area contributed by atoms with E-state index in [2.05, 4.69) is 0 Å². The van der Waals surface area contributed by atoms with Gasteiger partial charge in [0.15, 0.2) is 0 Å². The Hall–Kier alpha value is 1.10. The fourth-order valence-electron chi connectivity index (χ4n) is 0. The Kier molecular flexibility index (Phi) is 5820. The molecule has 0 aromatic carbocycles. The first-order chi connectivity index (χ1) is 6.00. The van der Waals surface area contributed by atoms with Gasteiger partial charge in [0.25, 0.3) is 0 Å². The molecule has 0 aliphatic heterocycles. The zero-order valence-electron chi connectivity index (χ0n) is 12.6. The van der Waals surface area contributed by atoms with Crippen LogP contribution in [-0.4, -0.2) is 0 Å². The van der Waals surface area contributed by atoms with Gasteiger partial charge in [-0.05, 0) is 0 Å². The Morgan fingerprint density at radius 1 is 0.231 bits per heavy atom. The zero-order valence-corrected chi connectivity index (χ0v) is 15.4. The first-order valence-electron chi connectivity index (χ1n) is 6.00. The molecule has 0 spiro atoms. The van der Waals surface area contributed by atoms with Crippen LogP contribution in [0.4, 0.5) is 0 Å². The molecule has 0 nitrogen and oxygen atoms in total. The van der Waals surface area contributed by atoms with Gasteiger partial charge in [0, 0.05) is 32.7 Å². The van der Waals surface area contributed by atoms with Crippen LogP contribution < -0.4 is 0 Å². The van der Waals surface area contributed by atoms with Gasteiger partial charge in [-0.15, -0.1) is 0 Å². The van der Waals surface area contributed by atoms with Gasteiger partial charge in [-0.2, -0.15) is 0 Å². The van der Waals surface area contributed by atoms with Crippen molar-refractivity contribution < 1.29 is 32.7 Å². The van der Waals surface area contributed by atoms with Crippen LogP contribution in [0.1, 0.15) is 83.1 Å². The van der Waals surface area contributed by atoms with Crippen LogP contribution in [0, 0.1) is 0 Å². The van der Waals surface area contributed by atoms with E-state index in [1.165, 1.54) is 0 Å². The molecule has 0 aromatic rings. The van der Waals surface area contributed by atoms with Crippen LogP contribution in [0.3, 0.4) is 0 Å². The SMILES string of the molecule is CC.CC.CC.CC.CC.CC.[Y]. The quantitative estimate of drug-likeness (QED) is 0.494. The molecule has 0 fully saturated rings. The second kappa shape index (κ2) is 1580. The van der Waals surface area contributed by atoms with Crippen molar-refractivity contribution in [3.05, 3.63) is 0 Å². The Morgan fingerprint density at radius 3 is 0.231 bits per heavy atom. The maximum absolute atomic E-state index is 2.00. The molecule has 0 rings (SSSR count). The van der Waals surface area contributed by atoms with Crippen LogP contribution in [-0.2, 0) is 32.7 Å². The van der Waals surface area contributed by atoms with E-state index in [4.69, 9.17) is 0 Å². The summed E-state index contributed by atoms with van der Waals surface area (Å²) < 4.78 is 0. The molecule has 0 unspecified atom stereocenters. The molecule has 1 radical (unpaired) electrons. The summed E-state index contributed by atoms with van der Waals surface area (Å²) in [5.41, 5.74) is 0.